The molecule has 0 N–H and O–H groups in total. The zero-order chi connectivity index (χ0) is 14.8. The van der Waals surface area contributed by atoms with E-state index >= 15 is 0 Å². The molecule has 0 aliphatic carbocycles. The lowest BCUT2D eigenvalue weighted by molar-refractivity contribution is -0.385. The maximum atomic E-state index is 10.8. The fourth-order valence-corrected chi connectivity index (χ4v) is 2.69. The predicted molar refractivity (Wildman–Crippen MR) is 78.1 cm³/mol. The quantitative estimate of drug-likeness (QED) is 0.623. The number of nitro groups is 1. The number of hydrogen-bond donors (Lipinski definition) is 0. The van der Waals surface area contributed by atoms with Crippen LogP contribution in [0.2, 0.25) is 0 Å². The first kappa shape index (κ1) is 14.0. The van der Waals surface area contributed by atoms with Crippen molar-refractivity contribution in [3.63, 3.8) is 0 Å². The van der Waals surface area contributed by atoms with E-state index in [9.17, 15) is 10.1 Å². The summed E-state index contributed by atoms with van der Waals surface area (Å²) in [5.74, 6) is 2.17. The molecule has 2 heterocycles. The second-order valence-corrected chi connectivity index (χ2v) is 5.66. The Morgan fingerprint density at radius 1 is 1.38 bits per heavy atom. The van der Waals surface area contributed by atoms with Crippen LogP contribution in [-0.2, 0) is 19.6 Å². The molecular formula is C13H13BrN4O3. The number of hydrogen-bond acceptors (Lipinski definition) is 5. The number of ether oxygens (including phenoxy) is 1. The molecule has 3 rings (SSSR count). The second-order valence-electron chi connectivity index (χ2n) is 4.80. The third-order valence-electron chi connectivity index (χ3n) is 3.42. The first-order chi connectivity index (χ1) is 10.1. The molecule has 110 valence electrons. The molecule has 0 bridgehead atoms. The molecule has 0 atom stereocenters. The standard InChI is InChI=1S/C13H13BrN4O3/c14-10-5-4-9(18(19)20)7-11(10)21-8-13-16-15-12-3-1-2-6-17(12)13/h4-5,7H,1-3,6,8H2. The van der Waals surface area contributed by atoms with Crippen LogP contribution in [0.25, 0.3) is 0 Å². The summed E-state index contributed by atoms with van der Waals surface area (Å²) in [7, 11) is 0. The summed E-state index contributed by atoms with van der Waals surface area (Å²) < 4.78 is 8.40. The molecule has 0 saturated heterocycles. The van der Waals surface area contributed by atoms with Gasteiger partial charge in [0.15, 0.2) is 5.82 Å². The lowest BCUT2D eigenvalue weighted by Gasteiger charge is -2.15. The number of rotatable bonds is 4. The van der Waals surface area contributed by atoms with E-state index in [1.165, 1.54) is 12.1 Å². The van der Waals surface area contributed by atoms with Gasteiger partial charge in [-0.05, 0) is 34.8 Å². The van der Waals surface area contributed by atoms with Crippen LogP contribution in [0.4, 0.5) is 5.69 Å². The average Bonchev–Trinajstić information content (AvgIpc) is 2.89. The van der Waals surface area contributed by atoms with Gasteiger partial charge in [0.05, 0.1) is 15.5 Å². The van der Waals surface area contributed by atoms with Crippen molar-refractivity contribution in [3.05, 3.63) is 44.4 Å². The molecule has 1 aliphatic heterocycles. The van der Waals surface area contributed by atoms with Gasteiger partial charge in [-0.15, -0.1) is 10.2 Å². The Labute approximate surface area is 129 Å². The first-order valence-electron chi connectivity index (χ1n) is 6.63. The molecule has 0 amide bonds. The number of fused-ring (bicyclic) bond motifs is 1. The van der Waals surface area contributed by atoms with Gasteiger partial charge in [0, 0.05) is 19.0 Å². The van der Waals surface area contributed by atoms with E-state index in [1.807, 2.05) is 0 Å². The van der Waals surface area contributed by atoms with Crippen molar-refractivity contribution in [2.45, 2.75) is 32.4 Å². The molecule has 0 fully saturated rings. The largest absolute Gasteiger partial charge is 0.484 e. The highest BCUT2D eigenvalue weighted by Gasteiger charge is 2.17. The number of aryl methyl sites for hydroxylation is 1. The van der Waals surface area contributed by atoms with E-state index in [0.29, 0.717) is 10.2 Å². The number of aromatic nitrogens is 3. The van der Waals surface area contributed by atoms with Crippen LogP contribution < -0.4 is 4.74 Å². The third-order valence-corrected chi connectivity index (χ3v) is 4.07. The summed E-state index contributed by atoms with van der Waals surface area (Å²) >= 11 is 3.33. The van der Waals surface area contributed by atoms with Crippen molar-refractivity contribution in [1.82, 2.24) is 14.8 Å². The van der Waals surface area contributed by atoms with Crippen molar-refractivity contribution < 1.29 is 9.66 Å². The molecule has 1 aliphatic rings. The Kier molecular flexibility index (Phi) is 3.87. The van der Waals surface area contributed by atoms with E-state index in [4.69, 9.17) is 4.74 Å². The van der Waals surface area contributed by atoms with Crippen LogP contribution in [0.3, 0.4) is 0 Å². The molecule has 8 heteroatoms. The fourth-order valence-electron chi connectivity index (χ4n) is 2.33. The molecular weight excluding hydrogens is 340 g/mol. The number of non-ortho nitro benzene ring substituents is 1. The van der Waals surface area contributed by atoms with E-state index in [-0.39, 0.29) is 12.3 Å². The summed E-state index contributed by atoms with van der Waals surface area (Å²) in [5.41, 5.74) is -0.00327. The fraction of sp³-hybridized carbons (Fsp3) is 0.385. The maximum absolute atomic E-state index is 10.8. The highest BCUT2D eigenvalue weighted by Crippen LogP contribution is 2.30. The Balaban J connectivity index is 1.77. The van der Waals surface area contributed by atoms with Gasteiger partial charge >= 0.3 is 0 Å². The zero-order valence-corrected chi connectivity index (χ0v) is 12.7. The van der Waals surface area contributed by atoms with Gasteiger partial charge in [-0.25, -0.2) is 0 Å². The Hall–Kier alpha value is -1.96. The molecule has 0 unspecified atom stereocenters. The highest BCUT2D eigenvalue weighted by atomic mass is 79.9. The smallest absolute Gasteiger partial charge is 0.273 e. The lowest BCUT2D eigenvalue weighted by Crippen LogP contribution is -2.14. The Bertz CT molecular complexity index is 686. The SMILES string of the molecule is O=[N+]([O-])c1ccc(Br)c(OCc2nnc3n2CCCC3)c1. The normalized spacial score (nSPS) is 13.8. The van der Waals surface area contributed by atoms with Gasteiger partial charge in [-0.3, -0.25) is 10.1 Å². The molecule has 1 aromatic carbocycles. The van der Waals surface area contributed by atoms with Crippen LogP contribution in [-0.4, -0.2) is 19.7 Å². The van der Waals surface area contributed by atoms with Gasteiger partial charge in [0.25, 0.3) is 5.69 Å². The highest BCUT2D eigenvalue weighted by molar-refractivity contribution is 9.10. The van der Waals surface area contributed by atoms with Crippen molar-refractivity contribution in [2.75, 3.05) is 0 Å². The molecule has 7 nitrogen and oxygen atoms in total. The lowest BCUT2D eigenvalue weighted by atomic mass is 10.2. The Morgan fingerprint density at radius 2 is 2.24 bits per heavy atom. The topological polar surface area (TPSA) is 83.1 Å². The van der Waals surface area contributed by atoms with Gasteiger partial charge in [-0.1, -0.05) is 0 Å². The van der Waals surface area contributed by atoms with Crippen LogP contribution in [0, 0.1) is 10.1 Å². The summed E-state index contributed by atoms with van der Waals surface area (Å²) in [6.07, 6.45) is 3.18. The summed E-state index contributed by atoms with van der Waals surface area (Å²) in [4.78, 5) is 10.4. The second kappa shape index (κ2) is 5.80. The van der Waals surface area contributed by atoms with Crippen molar-refractivity contribution >= 4 is 21.6 Å². The molecule has 21 heavy (non-hydrogen) atoms. The van der Waals surface area contributed by atoms with Crippen molar-refractivity contribution in [2.24, 2.45) is 0 Å². The summed E-state index contributed by atoms with van der Waals surface area (Å²) in [5, 5.41) is 19.1. The molecule has 1 aromatic heterocycles. The molecule has 0 saturated carbocycles. The van der Waals surface area contributed by atoms with Crippen LogP contribution in [0.5, 0.6) is 5.75 Å². The van der Waals surface area contributed by atoms with E-state index in [1.54, 1.807) is 6.07 Å². The average molecular weight is 353 g/mol. The van der Waals surface area contributed by atoms with Gasteiger partial charge < -0.3 is 9.30 Å². The van der Waals surface area contributed by atoms with Crippen LogP contribution >= 0.6 is 15.9 Å². The van der Waals surface area contributed by atoms with Gasteiger partial charge in [0.2, 0.25) is 0 Å². The van der Waals surface area contributed by atoms with Crippen molar-refractivity contribution in [3.8, 4) is 5.75 Å². The molecule has 0 radical (unpaired) electrons. The van der Waals surface area contributed by atoms with Gasteiger partial charge in [0.1, 0.15) is 18.2 Å². The summed E-state index contributed by atoms with van der Waals surface area (Å²) in [6.45, 7) is 1.14. The van der Waals surface area contributed by atoms with Crippen molar-refractivity contribution in [1.29, 1.82) is 0 Å². The monoisotopic (exact) mass is 352 g/mol. The summed E-state index contributed by atoms with van der Waals surface area (Å²) in [6, 6.07) is 4.43. The van der Waals surface area contributed by atoms with Crippen LogP contribution in [0.1, 0.15) is 24.5 Å². The maximum Gasteiger partial charge on any atom is 0.273 e. The van der Waals surface area contributed by atoms with E-state index in [0.717, 1.165) is 37.5 Å². The van der Waals surface area contributed by atoms with E-state index in [2.05, 4.69) is 30.7 Å². The molecule has 2 aromatic rings. The number of benzene rings is 1. The minimum Gasteiger partial charge on any atom is -0.484 e. The number of nitrogens with zero attached hydrogens (tertiary/aromatic N) is 4. The van der Waals surface area contributed by atoms with Gasteiger partial charge in [-0.2, -0.15) is 0 Å². The van der Waals surface area contributed by atoms with E-state index < -0.39 is 4.92 Å². The molecule has 0 spiro atoms. The minimum absolute atomic E-state index is 0.00327. The first-order valence-corrected chi connectivity index (χ1v) is 7.42. The third kappa shape index (κ3) is 2.90. The number of halogens is 1. The number of nitro benzene ring substituents is 1. The minimum atomic E-state index is -0.446. The van der Waals surface area contributed by atoms with Crippen LogP contribution in [0.15, 0.2) is 22.7 Å². The Morgan fingerprint density at radius 3 is 3.05 bits per heavy atom. The zero-order valence-electron chi connectivity index (χ0n) is 11.2. The predicted octanol–water partition coefficient (Wildman–Crippen LogP) is 2.86.